The molecule has 0 atom stereocenters. The maximum Gasteiger partial charge on any atom is 0.271 e. The number of ether oxygens (including phenoxy) is 2. The smallest absolute Gasteiger partial charge is 0.271 e. The Morgan fingerprint density at radius 1 is 1.23 bits per heavy atom. The number of methoxy groups -OCH3 is 1. The van der Waals surface area contributed by atoms with Crippen LogP contribution in [0.1, 0.15) is 29.8 Å². The number of hydrogen-bond acceptors (Lipinski definition) is 6. The van der Waals surface area contributed by atoms with Gasteiger partial charge < -0.3 is 9.47 Å². The van der Waals surface area contributed by atoms with Crippen molar-refractivity contribution in [3.63, 3.8) is 0 Å². The van der Waals surface area contributed by atoms with E-state index >= 15 is 0 Å². The molecule has 0 spiro atoms. The molecule has 8 nitrogen and oxygen atoms in total. The molecule has 8 heteroatoms. The zero-order valence-corrected chi connectivity index (χ0v) is 14.6. The second kappa shape index (κ2) is 8.61. The van der Waals surface area contributed by atoms with Gasteiger partial charge in [-0.25, -0.2) is 5.43 Å². The first kappa shape index (κ1) is 18.9. The number of nitrogens with one attached hydrogen (secondary N) is 1. The van der Waals surface area contributed by atoms with E-state index in [4.69, 9.17) is 9.47 Å². The molecule has 2 aromatic rings. The number of non-ortho nitro benzene ring substituents is 1. The van der Waals surface area contributed by atoms with E-state index in [0.29, 0.717) is 17.1 Å². The van der Waals surface area contributed by atoms with Gasteiger partial charge in [-0.2, -0.15) is 5.10 Å². The highest BCUT2D eigenvalue weighted by Crippen LogP contribution is 2.30. The topological polar surface area (TPSA) is 103 Å². The Bertz CT molecular complexity index is 816. The zero-order chi connectivity index (χ0) is 19.1. The number of hydrazone groups is 1. The van der Waals surface area contributed by atoms with Crippen LogP contribution in [0.25, 0.3) is 0 Å². The molecule has 0 aliphatic heterocycles. The van der Waals surface area contributed by atoms with Gasteiger partial charge in [0, 0.05) is 23.3 Å². The van der Waals surface area contributed by atoms with Gasteiger partial charge in [0.15, 0.2) is 11.5 Å². The van der Waals surface area contributed by atoms with Crippen molar-refractivity contribution >= 4 is 17.8 Å². The quantitative estimate of drug-likeness (QED) is 0.466. The van der Waals surface area contributed by atoms with Crippen LogP contribution in [0.2, 0.25) is 0 Å². The zero-order valence-electron chi connectivity index (χ0n) is 14.6. The minimum absolute atomic E-state index is 0.0619. The van der Waals surface area contributed by atoms with Gasteiger partial charge in [0.25, 0.3) is 11.6 Å². The van der Waals surface area contributed by atoms with Crippen molar-refractivity contribution in [1.29, 1.82) is 0 Å². The summed E-state index contributed by atoms with van der Waals surface area (Å²) in [6, 6.07) is 10.6. The fraction of sp³-hybridized carbons (Fsp3) is 0.222. The van der Waals surface area contributed by atoms with E-state index < -0.39 is 10.8 Å². The van der Waals surface area contributed by atoms with Crippen molar-refractivity contribution in [3.8, 4) is 11.5 Å². The molecule has 0 fully saturated rings. The van der Waals surface area contributed by atoms with Gasteiger partial charge in [0.2, 0.25) is 0 Å². The fourth-order valence-electron chi connectivity index (χ4n) is 2.12. The number of rotatable bonds is 7. The third kappa shape index (κ3) is 4.79. The molecule has 2 aromatic carbocycles. The van der Waals surface area contributed by atoms with Crippen LogP contribution >= 0.6 is 0 Å². The molecular formula is C18H19N3O5. The number of hydrogen-bond donors (Lipinski definition) is 1. The van der Waals surface area contributed by atoms with Gasteiger partial charge >= 0.3 is 0 Å². The number of carbonyl (C=O) groups excluding carboxylic acids is 1. The molecule has 0 bridgehead atoms. The Hall–Kier alpha value is -3.42. The Morgan fingerprint density at radius 3 is 2.50 bits per heavy atom. The predicted octanol–water partition coefficient (Wildman–Crippen LogP) is 3.15. The summed E-state index contributed by atoms with van der Waals surface area (Å²) in [4.78, 5) is 22.2. The van der Waals surface area contributed by atoms with Crippen LogP contribution in [0, 0.1) is 10.1 Å². The summed E-state index contributed by atoms with van der Waals surface area (Å²) in [5, 5.41) is 14.6. The Morgan fingerprint density at radius 2 is 1.92 bits per heavy atom. The van der Waals surface area contributed by atoms with Crippen molar-refractivity contribution in [2.24, 2.45) is 5.10 Å². The van der Waals surface area contributed by atoms with Crippen molar-refractivity contribution in [3.05, 3.63) is 63.7 Å². The summed E-state index contributed by atoms with van der Waals surface area (Å²) >= 11 is 0. The number of amides is 1. The molecule has 26 heavy (non-hydrogen) atoms. The highest BCUT2D eigenvalue weighted by molar-refractivity contribution is 5.95. The van der Waals surface area contributed by atoms with Crippen LogP contribution < -0.4 is 14.9 Å². The van der Waals surface area contributed by atoms with Gasteiger partial charge in [-0.15, -0.1) is 0 Å². The lowest BCUT2D eigenvalue weighted by Gasteiger charge is -2.15. The van der Waals surface area contributed by atoms with E-state index in [1.165, 1.54) is 30.5 Å². The van der Waals surface area contributed by atoms with Crippen LogP contribution in [-0.2, 0) is 0 Å². The van der Waals surface area contributed by atoms with Crippen LogP contribution in [-0.4, -0.2) is 30.3 Å². The van der Waals surface area contributed by atoms with Gasteiger partial charge in [-0.1, -0.05) is 6.07 Å². The molecule has 1 N–H and O–H groups in total. The Labute approximate surface area is 150 Å². The first-order valence-corrected chi connectivity index (χ1v) is 7.84. The average Bonchev–Trinajstić information content (AvgIpc) is 2.62. The highest BCUT2D eigenvalue weighted by Gasteiger charge is 2.12. The second-order valence-electron chi connectivity index (χ2n) is 5.55. The molecule has 0 aliphatic carbocycles. The number of nitro benzene ring substituents is 1. The molecule has 0 saturated heterocycles. The fourth-order valence-corrected chi connectivity index (χ4v) is 2.12. The molecular weight excluding hydrogens is 338 g/mol. The first-order chi connectivity index (χ1) is 12.4. The minimum atomic E-state index is -0.529. The summed E-state index contributed by atoms with van der Waals surface area (Å²) in [5.74, 6) is 0.605. The maximum atomic E-state index is 12.1. The number of carbonyl (C=O) groups is 1. The lowest BCUT2D eigenvalue weighted by atomic mass is 10.2. The molecule has 1 amide bonds. The molecule has 2 rings (SSSR count). The van der Waals surface area contributed by atoms with Crippen molar-refractivity contribution < 1.29 is 19.2 Å². The molecule has 0 heterocycles. The predicted molar refractivity (Wildman–Crippen MR) is 96.9 cm³/mol. The molecule has 0 aromatic heterocycles. The highest BCUT2D eigenvalue weighted by atomic mass is 16.6. The molecule has 136 valence electrons. The van der Waals surface area contributed by atoms with E-state index in [9.17, 15) is 14.9 Å². The average molecular weight is 357 g/mol. The lowest BCUT2D eigenvalue weighted by Crippen LogP contribution is -2.17. The van der Waals surface area contributed by atoms with Crippen LogP contribution in [0.5, 0.6) is 11.5 Å². The van der Waals surface area contributed by atoms with Gasteiger partial charge in [0.1, 0.15) is 0 Å². The number of nitrogens with zero attached hydrogens (tertiary/aromatic N) is 2. The van der Waals surface area contributed by atoms with Crippen LogP contribution in [0.4, 0.5) is 5.69 Å². The summed E-state index contributed by atoms with van der Waals surface area (Å²) in [7, 11) is 1.54. The first-order valence-electron chi connectivity index (χ1n) is 7.84. The van der Waals surface area contributed by atoms with Gasteiger partial charge in [-0.3, -0.25) is 14.9 Å². The summed E-state index contributed by atoms with van der Waals surface area (Å²) in [6.07, 6.45) is 1.39. The van der Waals surface area contributed by atoms with E-state index in [2.05, 4.69) is 10.5 Å². The second-order valence-corrected chi connectivity index (χ2v) is 5.55. The van der Waals surface area contributed by atoms with Gasteiger partial charge in [-0.05, 0) is 38.1 Å². The molecule has 0 aliphatic rings. The molecule has 0 saturated carbocycles. The Balaban J connectivity index is 2.12. The SMILES string of the molecule is COc1cccc(/C=N\NC(=O)c2ccc([N+](=O)[O-])cc2)c1OC(C)C. The van der Waals surface area contributed by atoms with Crippen molar-refractivity contribution in [2.45, 2.75) is 20.0 Å². The Kier molecular flexibility index (Phi) is 6.26. The lowest BCUT2D eigenvalue weighted by molar-refractivity contribution is -0.384. The third-order valence-electron chi connectivity index (χ3n) is 3.29. The van der Waals surface area contributed by atoms with Crippen LogP contribution in [0.15, 0.2) is 47.6 Å². The summed E-state index contributed by atoms with van der Waals surface area (Å²) in [5.41, 5.74) is 3.19. The van der Waals surface area contributed by atoms with Gasteiger partial charge in [0.05, 0.1) is 24.4 Å². The minimum Gasteiger partial charge on any atom is -0.493 e. The van der Waals surface area contributed by atoms with Crippen molar-refractivity contribution in [1.82, 2.24) is 5.43 Å². The molecule has 0 unspecified atom stereocenters. The summed E-state index contributed by atoms with van der Waals surface area (Å²) < 4.78 is 11.0. The van der Waals surface area contributed by atoms with Crippen LogP contribution in [0.3, 0.4) is 0 Å². The number of nitro groups is 1. The standard InChI is InChI=1S/C18H19N3O5/c1-12(2)26-17-14(5-4-6-16(17)25-3)11-19-20-18(22)13-7-9-15(10-8-13)21(23)24/h4-12H,1-3H3,(H,20,22)/b19-11-. The van der Waals surface area contributed by atoms with E-state index in [0.717, 1.165) is 0 Å². The van der Waals surface area contributed by atoms with E-state index in [1.807, 2.05) is 13.8 Å². The number of para-hydroxylation sites is 1. The largest absolute Gasteiger partial charge is 0.493 e. The normalized spacial score (nSPS) is 10.8. The van der Waals surface area contributed by atoms with Crippen molar-refractivity contribution in [2.75, 3.05) is 7.11 Å². The summed E-state index contributed by atoms with van der Waals surface area (Å²) in [6.45, 7) is 3.79. The third-order valence-corrected chi connectivity index (χ3v) is 3.29. The van der Waals surface area contributed by atoms with E-state index in [1.54, 1.807) is 25.3 Å². The van der Waals surface area contributed by atoms with E-state index in [-0.39, 0.29) is 17.4 Å². The number of benzene rings is 2. The monoisotopic (exact) mass is 357 g/mol. The maximum absolute atomic E-state index is 12.1. The molecule has 0 radical (unpaired) electrons.